The van der Waals surface area contributed by atoms with Crippen LogP contribution in [0.25, 0.3) is 137 Å². The predicted molar refractivity (Wildman–Crippen MR) is 355 cm³/mol. The molecule has 0 saturated carbocycles. The molecule has 0 aliphatic rings. The summed E-state index contributed by atoms with van der Waals surface area (Å²) in [7, 11) is 0. The number of para-hydroxylation sites is 6. The fourth-order valence-corrected chi connectivity index (χ4v) is 13.6. The van der Waals surface area contributed by atoms with Gasteiger partial charge in [0.05, 0.1) is 50.2 Å². The van der Waals surface area contributed by atoms with E-state index < -0.39 is 0 Å². The van der Waals surface area contributed by atoms with Crippen molar-refractivity contribution in [1.82, 2.24) is 13.7 Å². The first-order chi connectivity index (χ1) is 41.7. The van der Waals surface area contributed by atoms with E-state index in [-0.39, 0.29) is 0 Å². The first-order valence-corrected chi connectivity index (χ1v) is 28.9. The average molecular weight is 1070 g/mol. The van der Waals surface area contributed by atoms with Crippen LogP contribution in [0.1, 0.15) is 0 Å². The molecular weight excluding hydrogens is 1020 g/mol. The van der Waals surface area contributed by atoms with Crippen molar-refractivity contribution in [2.45, 2.75) is 0 Å². The van der Waals surface area contributed by atoms with Crippen LogP contribution in [0.4, 0.5) is 17.1 Å². The van der Waals surface area contributed by atoms with Crippen molar-refractivity contribution >= 4 is 104 Å². The van der Waals surface area contributed by atoms with Gasteiger partial charge >= 0.3 is 0 Å². The zero-order valence-corrected chi connectivity index (χ0v) is 45.8. The molecule has 0 atom stereocenters. The molecule has 0 fully saturated rings. The normalized spacial score (nSPS) is 11.8. The van der Waals surface area contributed by atoms with E-state index in [1.165, 1.54) is 98.4 Å². The molecule has 84 heavy (non-hydrogen) atoms. The fourth-order valence-electron chi connectivity index (χ4n) is 13.6. The van der Waals surface area contributed by atoms with Crippen molar-refractivity contribution in [2.75, 3.05) is 4.90 Å². The molecule has 0 unspecified atom stereocenters. The van der Waals surface area contributed by atoms with E-state index in [2.05, 4.69) is 334 Å². The summed E-state index contributed by atoms with van der Waals surface area (Å²) in [5.74, 6) is 0. The maximum absolute atomic E-state index is 2.48. The number of hydrogen-bond acceptors (Lipinski definition) is 1. The first kappa shape index (κ1) is 47.6. The highest BCUT2D eigenvalue weighted by atomic mass is 15.1. The van der Waals surface area contributed by atoms with Crippen molar-refractivity contribution in [3.8, 4) is 50.4 Å². The third-order valence-corrected chi connectivity index (χ3v) is 17.4. The number of anilines is 3. The van der Waals surface area contributed by atoms with Gasteiger partial charge in [-0.3, -0.25) is 0 Å². The number of hydrogen-bond donors (Lipinski definition) is 0. The van der Waals surface area contributed by atoms with E-state index in [9.17, 15) is 0 Å². The van der Waals surface area contributed by atoms with E-state index in [0.29, 0.717) is 0 Å². The molecule has 17 rings (SSSR count). The van der Waals surface area contributed by atoms with E-state index in [1.54, 1.807) is 0 Å². The number of benzene rings is 14. The number of fused-ring (bicyclic) bond motifs is 11. The molecule has 0 amide bonds. The largest absolute Gasteiger partial charge is 0.309 e. The number of rotatable bonds is 9. The molecule has 0 bridgehead atoms. The Balaban J connectivity index is 0.806. The van der Waals surface area contributed by atoms with Gasteiger partial charge in [-0.25, -0.2) is 0 Å². The van der Waals surface area contributed by atoms with Gasteiger partial charge in [0.2, 0.25) is 0 Å². The zero-order valence-electron chi connectivity index (χ0n) is 45.8. The van der Waals surface area contributed by atoms with Gasteiger partial charge in [0.15, 0.2) is 0 Å². The maximum Gasteiger partial charge on any atom is 0.0547 e. The molecule has 392 valence electrons. The quantitative estimate of drug-likeness (QED) is 0.141. The lowest BCUT2D eigenvalue weighted by atomic mass is 9.95. The van der Waals surface area contributed by atoms with E-state index in [0.717, 1.165) is 56.0 Å². The molecule has 0 radical (unpaired) electrons. The van der Waals surface area contributed by atoms with Crippen LogP contribution in [0.15, 0.2) is 315 Å². The van der Waals surface area contributed by atoms with E-state index >= 15 is 0 Å². The van der Waals surface area contributed by atoms with Crippen LogP contribution < -0.4 is 4.90 Å². The van der Waals surface area contributed by atoms with Crippen molar-refractivity contribution in [2.24, 2.45) is 0 Å². The van der Waals surface area contributed by atoms with Gasteiger partial charge < -0.3 is 18.6 Å². The maximum atomic E-state index is 2.48. The Morgan fingerprint density at radius 1 is 0.202 bits per heavy atom. The number of aromatic nitrogens is 3. The Morgan fingerprint density at radius 3 is 1.06 bits per heavy atom. The molecule has 3 aromatic heterocycles. The lowest BCUT2D eigenvalue weighted by Gasteiger charge is -2.29. The molecule has 0 saturated heterocycles. The van der Waals surface area contributed by atoms with Gasteiger partial charge in [-0.15, -0.1) is 0 Å². The van der Waals surface area contributed by atoms with Gasteiger partial charge in [0.25, 0.3) is 0 Å². The second-order valence-electron chi connectivity index (χ2n) is 22.0. The van der Waals surface area contributed by atoms with Gasteiger partial charge in [-0.1, -0.05) is 224 Å². The molecule has 14 aromatic carbocycles. The molecule has 4 heteroatoms. The minimum atomic E-state index is 1.07. The highest BCUT2D eigenvalue weighted by Crippen LogP contribution is 2.47. The van der Waals surface area contributed by atoms with Gasteiger partial charge in [0, 0.05) is 65.5 Å². The Hall–Kier alpha value is -11.2. The zero-order chi connectivity index (χ0) is 55.2. The summed E-state index contributed by atoms with van der Waals surface area (Å²) in [6.07, 6.45) is 0. The molecular formula is C80H52N4. The number of nitrogens with zero attached hydrogens (tertiary/aromatic N) is 4. The second kappa shape index (κ2) is 19.2. The van der Waals surface area contributed by atoms with Crippen LogP contribution in [-0.4, -0.2) is 13.7 Å². The fraction of sp³-hybridized carbons (Fsp3) is 0. The van der Waals surface area contributed by atoms with Crippen LogP contribution in [0, 0.1) is 0 Å². The molecule has 0 aliphatic carbocycles. The topological polar surface area (TPSA) is 18.0 Å². The van der Waals surface area contributed by atoms with E-state index in [4.69, 9.17) is 0 Å². The lowest BCUT2D eigenvalue weighted by molar-refractivity contribution is 1.18. The Bertz CT molecular complexity index is 5360. The molecule has 0 aliphatic heterocycles. The van der Waals surface area contributed by atoms with Gasteiger partial charge in [-0.05, 0) is 130 Å². The van der Waals surface area contributed by atoms with Crippen LogP contribution in [0.2, 0.25) is 0 Å². The van der Waals surface area contributed by atoms with Crippen molar-refractivity contribution in [3.63, 3.8) is 0 Å². The highest BCUT2D eigenvalue weighted by Gasteiger charge is 2.23. The monoisotopic (exact) mass is 1070 g/mol. The molecule has 0 N–H and O–H groups in total. The summed E-state index contributed by atoms with van der Waals surface area (Å²) in [4.78, 5) is 2.48. The molecule has 3 heterocycles. The van der Waals surface area contributed by atoms with E-state index in [1.807, 2.05) is 0 Å². The molecule has 0 spiro atoms. The van der Waals surface area contributed by atoms with Crippen molar-refractivity contribution in [3.05, 3.63) is 315 Å². The van der Waals surface area contributed by atoms with Gasteiger partial charge in [-0.2, -0.15) is 0 Å². The summed E-state index contributed by atoms with van der Waals surface area (Å²) >= 11 is 0. The van der Waals surface area contributed by atoms with Crippen molar-refractivity contribution in [1.29, 1.82) is 0 Å². The SMILES string of the molecule is c1ccc(-n2c3ccccc3c3ccc(-c4ccc(-c5ccc(N(c6ccc(-c7ccc8c9ccccc9n(-c9ccccc9)c8c7)c7ccccc67)c6ccc(-n7c8ccccc8c8ccccc87)c7ccccc67)cc5)cc4)cc32)cc1. The Morgan fingerprint density at radius 2 is 0.548 bits per heavy atom. The third kappa shape index (κ3) is 7.48. The summed E-state index contributed by atoms with van der Waals surface area (Å²) in [5, 5.41) is 12.2. The summed E-state index contributed by atoms with van der Waals surface area (Å²) in [6, 6.07) is 116. The smallest absolute Gasteiger partial charge is 0.0547 e. The van der Waals surface area contributed by atoms with Crippen LogP contribution in [0.3, 0.4) is 0 Å². The Labute approximate surface area is 485 Å². The van der Waals surface area contributed by atoms with Crippen LogP contribution >= 0.6 is 0 Å². The molecule has 17 aromatic rings. The molecule has 4 nitrogen and oxygen atoms in total. The van der Waals surface area contributed by atoms with Gasteiger partial charge in [0.1, 0.15) is 0 Å². The van der Waals surface area contributed by atoms with Crippen LogP contribution in [0.5, 0.6) is 0 Å². The average Bonchev–Trinajstić information content (AvgIpc) is 3.14. The minimum Gasteiger partial charge on any atom is -0.309 e. The summed E-state index contributed by atoms with van der Waals surface area (Å²) in [6.45, 7) is 0. The standard InChI is InChI=1S/C80H52N4/c1-3-19-58(20-4-1)82-72-31-15-11-29-68(72)70-45-41-56(51-79(70)82)55-37-35-53(36-38-55)54-39-43-60(44-40-54)81(77-49-50-78(67-26-10-9-25-66(67)77)84-74-33-17-13-27-64(74)65-28-14-18-34-75(65)84)76-48-47-61(62-23-7-8-24-63(62)76)57-42-46-71-69-30-12-16-32-73(69)83(80(71)52-57)59-21-5-2-6-22-59/h1-52H. The summed E-state index contributed by atoms with van der Waals surface area (Å²) < 4.78 is 7.24. The second-order valence-corrected chi connectivity index (χ2v) is 22.0. The first-order valence-electron chi connectivity index (χ1n) is 28.9. The minimum absolute atomic E-state index is 1.07. The lowest BCUT2D eigenvalue weighted by Crippen LogP contribution is -2.12. The third-order valence-electron chi connectivity index (χ3n) is 17.4. The highest BCUT2D eigenvalue weighted by molar-refractivity contribution is 6.15. The predicted octanol–water partition coefficient (Wildman–Crippen LogP) is 21.8. The Kier molecular flexibility index (Phi) is 10.9. The van der Waals surface area contributed by atoms with Crippen LogP contribution in [-0.2, 0) is 0 Å². The summed E-state index contributed by atoms with van der Waals surface area (Å²) in [5.41, 5.74) is 20.9. The van der Waals surface area contributed by atoms with Crippen molar-refractivity contribution < 1.29 is 0 Å².